The largest absolute Gasteiger partial charge is 0.481 e. The Hall–Kier alpha value is -1.59. The van der Waals surface area contributed by atoms with Crippen molar-refractivity contribution in [3.05, 3.63) is 0 Å². The second-order valence-corrected chi connectivity index (χ2v) is 4.95. The minimum atomic E-state index is -0.962. The second kappa shape index (κ2) is 5.37. The van der Waals surface area contributed by atoms with Crippen LogP contribution < -0.4 is 0 Å². The van der Waals surface area contributed by atoms with Crippen LogP contribution in [-0.2, 0) is 14.4 Å². The summed E-state index contributed by atoms with van der Waals surface area (Å²) in [5.41, 5.74) is 0. The summed E-state index contributed by atoms with van der Waals surface area (Å²) < 4.78 is 0. The zero-order valence-corrected chi connectivity index (χ0v) is 10.3. The summed E-state index contributed by atoms with van der Waals surface area (Å²) in [6.07, 6.45) is 3.19. The fraction of sp³-hybridized carbons (Fsp3) is 0.750. The molecule has 0 aliphatic carbocycles. The molecule has 1 unspecified atom stereocenters. The van der Waals surface area contributed by atoms with Gasteiger partial charge in [-0.15, -0.1) is 0 Å². The van der Waals surface area contributed by atoms with Gasteiger partial charge in [0.2, 0.25) is 11.8 Å². The van der Waals surface area contributed by atoms with Gasteiger partial charge in [-0.3, -0.25) is 14.4 Å². The molecular formula is C12H18N2O4. The maximum absolute atomic E-state index is 12.0. The van der Waals surface area contributed by atoms with E-state index in [1.807, 2.05) is 0 Å². The van der Waals surface area contributed by atoms with Crippen molar-refractivity contribution in [2.75, 3.05) is 26.2 Å². The third-order valence-electron chi connectivity index (χ3n) is 3.60. The van der Waals surface area contributed by atoms with E-state index in [0.29, 0.717) is 0 Å². The van der Waals surface area contributed by atoms with Gasteiger partial charge in [0.25, 0.3) is 0 Å². The van der Waals surface area contributed by atoms with E-state index in [4.69, 9.17) is 5.11 Å². The molecule has 0 spiro atoms. The molecule has 0 radical (unpaired) electrons. The van der Waals surface area contributed by atoms with Crippen molar-refractivity contribution in [1.82, 2.24) is 9.80 Å². The van der Waals surface area contributed by atoms with Crippen molar-refractivity contribution in [2.24, 2.45) is 5.92 Å². The molecule has 0 aromatic carbocycles. The number of carboxylic acid groups (broad SMARTS) is 1. The van der Waals surface area contributed by atoms with Crippen LogP contribution in [0.5, 0.6) is 0 Å². The van der Waals surface area contributed by atoms with Crippen molar-refractivity contribution >= 4 is 17.8 Å². The molecule has 1 N–H and O–H groups in total. The molecule has 0 aromatic heterocycles. The van der Waals surface area contributed by atoms with Crippen LogP contribution in [0.2, 0.25) is 0 Å². The molecule has 2 saturated heterocycles. The Balaban J connectivity index is 1.87. The van der Waals surface area contributed by atoms with Gasteiger partial charge in [0.05, 0.1) is 12.5 Å². The van der Waals surface area contributed by atoms with Crippen LogP contribution in [0, 0.1) is 5.92 Å². The van der Waals surface area contributed by atoms with Crippen molar-refractivity contribution in [3.63, 3.8) is 0 Å². The first kappa shape index (κ1) is 12.9. The van der Waals surface area contributed by atoms with Crippen LogP contribution in [0.3, 0.4) is 0 Å². The van der Waals surface area contributed by atoms with Crippen LogP contribution in [0.4, 0.5) is 0 Å². The zero-order chi connectivity index (χ0) is 13.1. The summed E-state index contributed by atoms with van der Waals surface area (Å²) >= 11 is 0. The Morgan fingerprint density at radius 1 is 1.22 bits per heavy atom. The number of piperidine rings is 1. The highest BCUT2D eigenvalue weighted by Crippen LogP contribution is 2.18. The van der Waals surface area contributed by atoms with Crippen molar-refractivity contribution in [3.8, 4) is 0 Å². The van der Waals surface area contributed by atoms with Crippen molar-refractivity contribution in [1.29, 1.82) is 0 Å². The van der Waals surface area contributed by atoms with E-state index in [-0.39, 0.29) is 31.3 Å². The number of carboxylic acids is 1. The molecule has 2 aliphatic rings. The molecule has 0 aromatic rings. The van der Waals surface area contributed by atoms with E-state index in [1.165, 1.54) is 4.90 Å². The zero-order valence-electron chi connectivity index (χ0n) is 10.3. The number of carbonyl (C=O) groups is 3. The van der Waals surface area contributed by atoms with E-state index in [2.05, 4.69) is 0 Å². The molecule has 0 saturated carbocycles. The fourth-order valence-corrected chi connectivity index (χ4v) is 2.50. The lowest BCUT2D eigenvalue weighted by Gasteiger charge is -2.28. The first-order valence-electron chi connectivity index (χ1n) is 6.36. The Kier molecular flexibility index (Phi) is 3.84. The Morgan fingerprint density at radius 2 is 1.89 bits per heavy atom. The van der Waals surface area contributed by atoms with Gasteiger partial charge in [0.1, 0.15) is 0 Å². The highest BCUT2D eigenvalue weighted by molar-refractivity contribution is 5.89. The van der Waals surface area contributed by atoms with Gasteiger partial charge < -0.3 is 14.9 Å². The molecule has 6 heteroatoms. The van der Waals surface area contributed by atoms with E-state index < -0.39 is 11.9 Å². The van der Waals surface area contributed by atoms with Gasteiger partial charge in [-0.1, -0.05) is 0 Å². The molecule has 2 fully saturated rings. The minimum absolute atomic E-state index is 0.0165. The van der Waals surface area contributed by atoms with Crippen LogP contribution in [0.1, 0.15) is 25.7 Å². The third-order valence-corrected chi connectivity index (χ3v) is 3.60. The average molecular weight is 254 g/mol. The number of rotatable bonds is 3. The lowest BCUT2D eigenvalue weighted by molar-refractivity contribution is -0.141. The lowest BCUT2D eigenvalue weighted by atomic mass is 10.1. The van der Waals surface area contributed by atoms with E-state index in [0.717, 1.165) is 32.4 Å². The Morgan fingerprint density at radius 3 is 2.44 bits per heavy atom. The highest BCUT2D eigenvalue weighted by atomic mass is 16.4. The van der Waals surface area contributed by atoms with Gasteiger partial charge in [0, 0.05) is 26.1 Å². The molecule has 6 nitrogen and oxygen atoms in total. The maximum atomic E-state index is 12.0. The minimum Gasteiger partial charge on any atom is -0.481 e. The van der Waals surface area contributed by atoms with E-state index >= 15 is 0 Å². The third kappa shape index (κ3) is 2.80. The molecule has 18 heavy (non-hydrogen) atoms. The molecule has 2 aliphatic heterocycles. The van der Waals surface area contributed by atoms with Gasteiger partial charge in [-0.25, -0.2) is 0 Å². The lowest BCUT2D eigenvalue weighted by Crippen LogP contribution is -2.43. The number of aliphatic carboxylic acids is 1. The second-order valence-electron chi connectivity index (χ2n) is 4.95. The molecular weight excluding hydrogens is 236 g/mol. The number of hydrogen-bond acceptors (Lipinski definition) is 3. The fourth-order valence-electron chi connectivity index (χ4n) is 2.50. The molecule has 2 heterocycles. The predicted molar refractivity (Wildman–Crippen MR) is 62.8 cm³/mol. The summed E-state index contributed by atoms with van der Waals surface area (Å²) in [6, 6.07) is 0. The Bertz CT molecular complexity index is 363. The molecule has 100 valence electrons. The van der Waals surface area contributed by atoms with Crippen molar-refractivity contribution in [2.45, 2.75) is 25.7 Å². The normalized spacial score (nSPS) is 24.4. The average Bonchev–Trinajstić information content (AvgIpc) is 2.72. The standard InChI is InChI=1S/C12H18N2O4/c15-10-6-9(12(17)18)7-14(10)8-11(16)13-4-2-1-3-5-13/h9H,1-8H2,(H,17,18). The summed E-state index contributed by atoms with van der Waals surface area (Å²) in [7, 11) is 0. The van der Waals surface area contributed by atoms with Crippen LogP contribution in [0.15, 0.2) is 0 Å². The van der Waals surface area contributed by atoms with Crippen LogP contribution >= 0.6 is 0 Å². The highest BCUT2D eigenvalue weighted by Gasteiger charge is 2.35. The summed E-state index contributed by atoms with van der Waals surface area (Å²) in [5.74, 6) is -1.91. The van der Waals surface area contributed by atoms with E-state index in [9.17, 15) is 14.4 Å². The number of hydrogen-bond donors (Lipinski definition) is 1. The smallest absolute Gasteiger partial charge is 0.308 e. The summed E-state index contributed by atoms with van der Waals surface area (Å²) in [4.78, 5) is 37.5. The van der Waals surface area contributed by atoms with Gasteiger partial charge in [0.15, 0.2) is 0 Å². The first-order chi connectivity index (χ1) is 8.58. The number of amides is 2. The van der Waals surface area contributed by atoms with Gasteiger partial charge >= 0.3 is 5.97 Å². The predicted octanol–water partition coefficient (Wildman–Crippen LogP) is -0.0680. The molecule has 1 atom stereocenters. The van der Waals surface area contributed by atoms with Crippen LogP contribution in [0.25, 0.3) is 0 Å². The van der Waals surface area contributed by atoms with Crippen molar-refractivity contribution < 1.29 is 19.5 Å². The van der Waals surface area contributed by atoms with Gasteiger partial charge in [-0.05, 0) is 19.3 Å². The number of likely N-dealkylation sites (tertiary alicyclic amines) is 2. The molecule has 2 rings (SSSR count). The Labute approximate surface area is 106 Å². The van der Waals surface area contributed by atoms with Crippen LogP contribution in [-0.4, -0.2) is 58.9 Å². The molecule has 2 amide bonds. The summed E-state index contributed by atoms with van der Waals surface area (Å²) in [6.45, 7) is 1.70. The van der Waals surface area contributed by atoms with Gasteiger partial charge in [-0.2, -0.15) is 0 Å². The topological polar surface area (TPSA) is 77.9 Å². The SMILES string of the molecule is O=C(O)C1CC(=O)N(CC(=O)N2CCCCC2)C1. The van der Waals surface area contributed by atoms with E-state index in [1.54, 1.807) is 4.90 Å². The maximum Gasteiger partial charge on any atom is 0.308 e. The summed E-state index contributed by atoms with van der Waals surface area (Å²) in [5, 5.41) is 8.86. The monoisotopic (exact) mass is 254 g/mol. The first-order valence-corrected chi connectivity index (χ1v) is 6.36. The number of nitrogens with zero attached hydrogens (tertiary/aromatic N) is 2. The number of carbonyl (C=O) groups excluding carboxylic acids is 2. The quantitative estimate of drug-likeness (QED) is 0.765. The molecule has 0 bridgehead atoms.